The molecule has 1 heterocycles. The number of hydrogen-bond acceptors (Lipinski definition) is 3. The zero-order valence-corrected chi connectivity index (χ0v) is 17.1. The summed E-state index contributed by atoms with van der Waals surface area (Å²) in [6.07, 6.45) is 3.91. The van der Waals surface area contributed by atoms with Gasteiger partial charge in [-0.15, -0.1) is 0 Å². The number of nitrogens with one attached hydrogen (secondary N) is 2. The average Bonchev–Trinajstić information content (AvgIpc) is 2.75. The van der Waals surface area contributed by atoms with Gasteiger partial charge in [-0.05, 0) is 42.8 Å². The summed E-state index contributed by atoms with van der Waals surface area (Å²) in [6.45, 7) is 5.36. The monoisotopic (exact) mass is 394 g/mol. The van der Waals surface area contributed by atoms with Crippen LogP contribution in [0.5, 0.6) is 0 Å². The zero-order valence-electron chi connectivity index (χ0n) is 17.1. The van der Waals surface area contributed by atoms with Gasteiger partial charge in [0.25, 0.3) is 0 Å². The fourth-order valence-corrected chi connectivity index (χ4v) is 3.47. The molecule has 3 amide bonds. The van der Waals surface area contributed by atoms with Crippen molar-refractivity contribution in [3.05, 3.63) is 54.6 Å². The summed E-state index contributed by atoms with van der Waals surface area (Å²) in [5, 5.41) is 5.65. The Kier molecular flexibility index (Phi) is 7.50. The Bertz CT molecular complexity index is 784. The van der Waals surface area contributed by atoms with Gasteiger partial charge in [-0.3, -0.25) is 4.79 Å². The molecule has 1 aliphatic rings. The van der Waals surface area contributed by atoms with Crippen molar-refractivity contribution in [3.63, 3.8) is 0 Å². The van der Waals surface area contributed by atoms with E-state index in [9.17, 15) is 9.59 Å². The van der Waals surface area contributed by atoms with Crippen LogP contribution >= 0.6 is 0 Å². The highest BCUT2D eigenvalue weighted by molar-refractivity contribution is 5.99. The van der Waals surface area contributed by atoms with Gasteiger partial charge in [0.2, 0.25) is 5.91 Å². The molecule has 6 nitrogen and oxygen atoms in total. The summed E-state index contributed by atoms with van der Waals surface area (Å²) in [6, 6.07) is 16.9. The molecular formula is C23H30N4O2. The van der Waals surface area contributed by atoms with E-state index in [1.54, 1.807) is 0 Å². The van der Waals surface area contributed by atoms with Crippen molar-refractivity contribution < 1.29 is 9.59 Å². The molecule has 6 heteroatoms. The molecule has 0 saturated carbocycles. The maximum Gasteiger partial charge on any atom is 0.323 e. The molecular weight excluding hydrogens is 364 g/mol. The molecule has 2 aromatic carbocycles. The lowest BCUT2D eigenvalue weighted by molar-refractivity contribution is -0.131. The quantitative estimate of drug-likeness (QED) is 0.677. The number of benzene rings is 2. The molecule has 0 unspecified atom stereocenters. The molecule has 0 aliphatic carbocycles. The Hall–Kier alpha value is -3.02. The lowest BCUT2D eigenvalue weighted by Gasteiger charge is -2.36. The molecule has 1 fully saturated rings. The van der Waals surface area contributed by atoms with Crippen LogP contribution in [0.15, 0.2) is 54.6 Å². The number of hydrogen-bond donors (Lipinski definition) is 2. The van der Waals surface area contributed by atoms with Gasteiger partial charge in [-0.2, -0.15) is 0 Å². The van der Waals surface area contributed by atoms with Crippen LogP contribution in [-0.4, -0.2) is 43.0 Å². The molecule has 3 rings (SSSR count). The molecule has 0 radical (unpaired) electrons. The van der Waals surface area contributed by atoms with Gasteiger partial charge in [0.1, 0.15) is 0 Å². The third-order valence-corrected chi connectivity index (χ3v) is 5.15. The molecule has 0 aromatic heterocycles. The second kappa shape index (κ2) is 10.5. The van der Waals surface area contributed by atoms with Crippen LogP contribution in [-0.2, 0) is 4.79 Å². The number of anilines is 3. The largest absolute Gasteiger partial charge is 0.368 e. The van der Waals surface area contributed by atoms with Crippen molar-refractivity contribution >= 4 is 29.0 Å². The highest BCUT2D eigenvalue weighted by Gasteiger charge is 2.20. The van der Waals surface area contributed by atoms with E-state index in [1.807, 2.05) is 59.5 Å². The minimum Gasteiger partial charge on any atom is -0.368 e. The van der Waals surface area contributed by atoms with Crippen LogP contribution in [0.4, 0.5) is 21.9 Å². The number of rotatable bonds is 7. The van der Waals surface area contributed by atoms with Crippen LogP contribution in [0.1, 0.15) is 32.6 Å². The number of nitrogens with zero attached hydrogens (tertiary/aromatic N) is 2. The SMILES string of the molecule is CCCCCC(=O)N1CCN(c2ccc(NC(=O)Nc3ccccc3)cc2)CC1. The number of piperazine rings is 1. The molecule has 154 valence electrons. The second-order valence-electron chi connectivity index (χ2n) is 7.32. The summed E-state index contributed by atoms with van der Waals surface area (Å²) < 4.78 is 0. The topological polar surface area (TPSA) is 64.7 Å². The third-order valence-electron chi connectivity index (χ3n) is 5.15. The summed E-state index contributed by atoms with van der Waals surface area (Å²) in [7, 11) is 0. The van der Waals surface area contributed by atoms with Crippen LogP contribution in [0.3, 0.4) is 0 Å². The minimum absolute atomic E-state index is 0.265. The van der Waals surface area contributed by atoms with E-state index in [1.165, 1.54) is 0 Å². The zero-order chi connectivity index (χ0) is 20.5. The maximum atomic E-state index is 12.3. The first kappa shape index (κ1) is 20.7. The summed E-state index contributed by atoms with van der Waals surface area (Å²) in [5.41, 5.74) is 2.60. The first-order valence-corrected chi connectivity index (χ1v) is 10.4. The van der Waals surface area contributed by atoms with Gasteiger partial charge in [0, 0.05) is 49.7 Å². The molecule has 1 saturated heterocycles. The number of unbranched alkanes of at least 4 members (excludes halogenated alkanes) is 2. The van der Waals surface area contributed by atoms with Gasteiger partial charge in [-0.25, -0.2) is 4.79 Å². The van der Waals surface area contributed by atoms with Crippen molar-refractivity contribution in [1.29, 1.82) is 0 Å². The molecule has 2 aromatic rings. The lowest BCUT2D eigenvalue weighted by atomic mass is 10.1. The molecule has 29 heavy (non-hydrogen) atoms. The lowest BCUT2D eigenvalue weighted by Crippen LogP contribution is -2.48. The number of urea groups is 1. The number of carbonyl (C=O) groups excluding carboxylic acids is 2. The van der Waals surface area contributed by atoms with E-state index in [0.717, 1.165) is 62.5 Å². The van der Waals surface area contributed by atoms with E-state index in [2.05, 4.69) is 22.5 Å². The van der Waals surface area contributed by atoms with E-state index in [0.29, 0.717) is 6.42 Å². The number of para-hydroxylation sites is 1. The fraction of sp³-hybridized carbons (Fsp3) is 0.391. The van der Waals surface area contributed by atoms with Crippen LogP contribution in [0.2, 0.25) is 0 Å². The molecule has 0 spiro atoms. The van der Waals surface area contributed by atoms with E-state index in [-0.39, 0.29) is 11.9 Å². The summed E-state index contributed by atoms with van der Waals surface area (Å²) in [5.74, 6) is 0.280. The average molecular weight is 395 g/mol. The Morgan fingerprint density at radius 1 is 0.828 bits per heavy atom. The molecule has 0 bridgehead atoms. The van der Waals surface area contributed by atoms with Gasteiger partial charge < -0.3 is 20.4 Å². The van der Waals surface area contributed by atoms with Crippen LogP contribution < -0.4 is 15.5 Å². The highest BCUT2D eigenvalue weighted by atomic mass is 16.2. The summed E-state index contributed by atoms with van der Waals surface area (Å²) in [4.78, 5) is 28.6. The number of amides is 3. The molecule has 2 N–H and O–H groups in total. The van der Waals surface area contributed by atoms with Crippen molar-refractivity contribution in [2.45, 2.75) is 32.6 Å². The van der Waals surface area contributed by atoms with E-state index < -0.39 is 0 Å². The Balaban J connectivity index is 1.46. The van der Waals surface area contributed by atoms with Crippen molar-refractivity contribution in [1.82, 2.24) is 4.90 Å². The first-order chi connectivity index (χ1) is 14.2. The Labute approximate surface area is 172 Å². The fourth-order valence-electron chi connectivity index (χ4n) is 3.47. The normalized spacial score (nSPS) is 13.8. The molecule has 0 atom stereocenters. The standard InChI is InChI=1S/C23H30N4O2/c1-2-3-5-10-22(28)27-17-15-26(16-18-27)21-13-11-20(12-14-21)25-23(29)24-19-8-6-4-7-9-19/h4,6-9,11-14H,2-3,5,10,15-18H2,1H3,(H2,24,25,29). The van der Waals surface area contributed by atoms with Crippen molar-refractivity contribution in [2.24, 2.45) is 0 Å². The van der Waals surface area contributed by atoms with Crippen LogP contribution in [0.25, 0.3) is 0 Å². The van der Waals surface area contributed by atoms with E-state index in [4.69, 9.17) is 0 Å². The van der Waals surface area contributed by atoms with Gasteiger partial charge in [-0.1, -0.05) is 38.0 Å². The maximum absolute atomic E-state index is 12.3. The third kappa shape index (κ3) is 6.24. The van der Waals surface area contributed by atoms with Crippen LogP contribution in [0, 0.1) is 0 Å². The molecule has 1 aliphatic heterocycles. The smallest absolute Gasteiger partial charge is 0.323 e. The number of carbonyl (C=O) groups is 2. The summed E-state index contributed by atoms with van der Waals surface area (Å²) >= 11 is 0. The Morgan fingerprint density at radius 3 is 2.07 bits per heavy atom. The predicted octanol–water partition coefficient (Wildman–Crippen LogP) is 4.56. The van der Waals surface area contributed by atoms with Gasteiger partial charge in [0.05, 0.1) is 0 Å². The van der Waals surface area contributed by atoms with Crippen molar-refractivity contribution in [3.8, 4) is 0 Å². The second-order valence-corrected chi connectivity index (χ2v) is 7.32. The highest BCUT2D eigenvalue weighted by Crippen LogP contribution is 2.20. The first-order valence-electron chi connectivity index (χ1n) is 10.4. The van der Waals surface area contributed by atoms with Gasteiger partial charge >= 0.3 is 6.03 Å². The Morgan fingerprint density at radius 2 is 1.45 bits per heavy atom. The van der Waals surface area contributed by atoms with E-state index >= 15 is 0 Å². The van der Waals surface area contributed by atoms with Gasteiger partial charge in [0.15, 0.2) is 0 Å². The predicted molar refractivity (Wildman–Crippen MR) is 118 cm³/mol. The van der Waals surface area contributed by atoms with Crippen molar-refractivity contribution in [2.75, 3.05) is 41.7 Å². The minimum atomic E-state index is -0.265.